The summed E-state index contributed by atoms with van der Waals surface area (Å²) in [5.74, 6) is 1.93. The highest BCUT2D eigenvalue weighted by Gasteiger charge is 2.24. The molecule has 14 heavy (non-hydrogen) atoms. The van der Waals surface area contributed by atoms with Crippen LogP contribution in [0, 0.1) is 11.8 Å². The van der Waals surface area contributed by atoms with E-state index in [2.05, 4.69) is 11.8 Å². The van der Waals surface area contributed by atoms with Crippen LogP contribution in [0.4, 0.5) is 0 Å². The Kier molecular flexibility index (Phi) is 3.45. The van der Waals surface area contributed by atoms with Crippen LogP contribution < -0.4 is 5.73 Å². The predicted octanol–water partition coefficient (Wildman–Crippen LogP) is 1.85. The number of nitrogens with zero attached hydrogens (tertiary/aromatic N) is 1. The van der Waals surface area contributed by atoms with Gasteiger partial charge in [0.15, 0.2) is 0 Å². The molecule has 0 aromatic heterocycles. The second-order valence-electron chi connectivity index (χ2n) is 5.45. The third-order valence-corrected chi connectivity index (χ3v) is 3.87. The van der Waals surface area contributed by atoms with Crippen LogP contribution in [0.3, 0.4) is 0 Å². The molecule has 2 nitrogen and oxygen atoms in total. The molecule has 2 aliphatic rings. The topological polar surface area (TPSA) is 29.3 Å². The Morgan fingerprint density at radius 1 is 1.29 bits per heavy atom. The van der Waals surface area contributed by atoms with E-state index in [0.29, 0.717) is 6.04 Å². The third-order valence-electron chi connectivity index (χ3n) is 3.87. The molecule has 0 aromatic rings. The maximum absolute atomic E-state index is 5.92. The highest BCUT2D eigenvalue weighted by Crippen LogP contribution is 2.29. The monoisotopic (exact) mass is 196 g/mol. The SMILES string of the molecule is CC1CCCC(CN2CC[C@H](N)C2)C1. The van der Waals surface area contributed by atoms with Gasteiger partial charge in [-0.1, -0.05) is 19.8 Å². The highest BCUT2D eigenvalue weighted by atomic mass is 15.2. The van der Waals surface area contributed by atoms with Gasteiger partial charge in [0.05, 0.1) is 0 Å². The molecule has 2 N–H and O–H groups in total. The zero-order chi connectivity index (χ0) is 9.97. The maximum atomic E-state index is 5.92. The number of hydrogen-bond acceptors (Lipinski definition) is 2. The van der Waals surface area contributed by atoms with E-state index < -0.39 is 0 Å². The molecule has 1 heterocycles. The lowest BCUT2D eigenvalue weighted by atomic mass is 9.82. The van der Waals surface area contributed by atoms with Gasteiger partial charge in [0, 0.05) is 19.1 Å². The van der Waals surface area contributed by atoms with Crippen molar-refractivity contribution in [3.8, 4) is 0 Å². The van der Waals surface area contributed by atoms with Gasteiger partial charge in [-0.3, -0.25) is 0 Å². The lowest BCUT2D eigenvalue weighted by Gasteiger charge is -2.30. The van der Waals surface area contributed by atoms with Crippen molar-refractivity contribution in [3.63, 3.8) is 0 Å². The van der Waals surface area contributed by atoms with Gasteiger partial charge >= 0.3 is 0 Å². The van der Waals surface area contributed by atoms with E-state index in [0.717, 1.165) is 18.4 Å². The van der Waals surface area contributed by atoms with Crippen LogP contribution in [0.15, 0.2) is 0 Å². The third kappa shape index (κ3) is 2.71. The minimum absolute atomic E-state index is 0.455. The number of nitrogens with two attached hydrogens (primary N) is 1. The summed E-state index contributed by atoms with van der Waals surface area (Å²) in [5, 5.41) is 0. The van der Waals surface area contributed by atoms with E-state index >= 15 is 0 Å². The van der Waals surface area contributed by atoms with Crippen molar-refractivity contribution >= 4 is 0 Å². The van der Waals surface area contributed by atoms with Crippen molar-refractivity contribution in [1.29, 1.82) is 0 Å². The Bertz CT molecular complexity index is 181. The first-order valence-corrected chi connectivity index (χ1v) is 6.22. The summed E-state index contributed by atoms with van der Waals surface area (Å²) in [6.07, 6.45) is 7.02. The minimum Gasteiger partial charge on any atom is -0.326 e. The van der Waals surface area contributed by atoms with E-state index in [-0.39, 0.29) is 0 Å². The average molecular weight is 196 g/mol. The van der Waals surface area contributed by atoms with Gasteiger partial charge < -0.3 is 10.6 Å². The Hall–Kier alpha value is -0.0800. The predicted molar refractivity (Wildman–Crippen MR) is 60.2 cm³/mol. The summed E-state index contributed by atoms with van der Waals surface area (Å²) in [4.78, 5) is 2.58. The summed E-state index contributed by atoms with van der Waals surface area (Å²) in [5.41, 5.74) is 5.92. The second-order valence-corrected chi connectivity index (χ2v) is 5.45. The van der Waals surface area contributed by atoms with Gasteiger partial charge in [-0.25, -0.2) is 0 Å². The average Bonchev–Trinajstić information content (AvgIpc) is 2.51. The van der Waals surface area contributed by atoms with Crippen LogP contribution in [0.5, 0.6) is 0 Å². The fourth-order valence-electron chi connectivity index (χ4n) is 3.12. The molecule has 0 aromatic carbocycles. The van der Waals surface area contributed by atoms with Crippen LogP contribution in [0.2, 0.25) is 0 Å². The first-order valence-electron chi connectivity index (χ1n) is 6.22. The molecule has 82 valence electrons. The molecule has 0 bridgehead atoms. The van der Waals surface area contributed by atoms with Crippen molar-refractivity contribution in [3.05, 3.63) is 0 Å². The molecule has 1 aliphatic heterocycles. The van der Waals surface area contributed by atoms with E-state index in [1.54, 1.807) is 0 Å². The zero-order valence-electron chi connectivity index (χ0n) is 9.41. The quantitative estimate of drug-likeness (QED) is 0.730. The Labute approximate surface area is 87.8 Å². The van der Waals surface area contributed by atoms with Gasteiger partial charge in [-0.05, 0) is 37.6 Å². The summed E-state index contributed by atoms with van der Waals surface area (Å²) < 4.78 is 0. The molecule has 3 atom stereocenters. The second kappa shape index (κ2) is 4.63. The molecule has 2 fully saturated rings. The lowest BCUT2D eigenvalue weighted by molar-refractivity contribution is 0.202. The summed E-state index contributed by atoms with van der Waals surface area (Å²) in [6.45, 7) is 6.11. The standard InChI is InChI=1S/C12H24N2/c1-10-3-2-4-11(7-10)8-14-6-5-12(13)9-14/h10-12H,2-9,13H2,1H3/t10?,11?,12-/m0/s1. The minimum atomic E-state index is 0.455. The maximum Gasteiger partial charge on any atom is 0.0180 e. The molecule has 2 rings (SSSR count). The molecular formula is C12H24N2. The normalized spacial score (nSPS) is 40.3. The van der Waals surface area contributed by atoms with Gasteiger partial charge in [0.1, 0.15) is 0 Å². The number of rotatable bonds is 2. The van der Waals surface area contributed by atoms with Crippen molar-refractivity contribution < 1.29 is 0 Å². The van der Waals surface area contributed by atoms with Crippen molar-refractivity contribution in [1.82, 2.24) is 4.90 Å². The number of likely N-dealkylation sites (tertiary alicyclic amines) is 1. The molecule has 1 aliphatic carbocycles. The Morgan fingerprint density at radius 3 is 2.79 bits per heavy atom. The van der Waals surface area contributed by atoms with Crippen LogP contribution in [0.25, 0.3) is 0 Å². The van der Waals surface area contributed by atoms with E-state index in [1.165, 1.54) is 45.2 Å². The van der Waals surface area contributed by atoms with Gasteiger partial charge in [-0.2, -0.15) is 0 Å². The van der Waals surface area contributed by atoms with Crippen molar-refractivity contribution in [2.45, 2.75) is 45.1 Å². The first kappa shape index (κ1) is 10.4. The largest absolute Gasteiger partial charge is 0.326 e. The van der Waals surface area contributed by atoms with Crippen LogP contribution >= 0.6 is 0 Å². The Morgan fingerprint density at radius 2 is 2.14 bits per heavy atom. The van der Waals surface area contributed by atoms with Gasteiger partial charge in [0.25, 0.3) is 0 Å². The van der Waals surface area contributed by atoms with Gasteiger partial charge in [-0.15, -0.1) is 0 Å². The zero-order valence-corrected chi connectivity index (χ0v) is 9.41. The molecule has 2 unspecified atom stereocenters. The summed E-state index contributed by atoms with van der Waals surface area (Å²) >= 11 is 0. The molecule has 0 amide bonds. The molecule has 1 saturated carbocycles. The van der Waals surface area contributed by atoms with Gasteiger partial charge in [0.2, 0.25) is 0 Å². The lowest BCUT2D eigenvalue weighted by Crippen LogP contribution is -2.32. The fraction of sp³-hybridized carbons (Fsp3) is 1.00. The van der Waals surface area contributed by atoms with Crippen LogP contribution in [-0.2, 0) is 0 Å². The van der Waals surface area contributed by atoms with E-state index in [9.17, 15) is 0 Å². The smallest absolute Gasteiger partial charge is 0.0180 e. The molecule has 0 spiro atoms. The van der Waals surface area contributed by atoms with Crippen LogP contribution in [-0.4, -0.2) is 30.6 Å². The molecular weight excluding hydrogens is 172 g/mol. The summed E-state index contributed by atoms with van der Waals surface area (Å²) in [6, 6.07) is 0.455. The molecule has 1 saturated heterocycles. The first-order chi connectivity index (χ1) is 6.74. The summed E-state index contributed by atoms with van der Waals surface area (Å²) in [7, 11) is 0. The van der Waals surface area contributed by atoms with E-state index in [1.807, 2.05) is 0 Å². The molecule has 0 radical (unpaired) electrons. The molecule has 2 heteroatoms. The number of hydrogen-bond donors (Lipinski definition) is 1. The van der Waals surface area contributed by atoms with Crippen molar-refractivity contribution in [2.75, 3.05) is 19.6 Å². The van der Waals surface area contributed by atoms with Crippen molar-refractivity contribution in [2.24, 2.45) is 17.6 Å². The Balaban J connectivity index is 1.74. The highest BCUT2D eigenvalue weighted by molar-refractivity contribution is 4.81. The fourth-order valence-corrected chi connectivity index (χ4v) is 3.12. The van der Waals surface area contributed by atoms with Crippen LogP contribution in [0.1, 0.15) is 39.0 Å². The van der Waals surface area contributed by atoms with E-state index in [4.69, 9.17) is 5.73 Å².